The first-order chi connectivity index (χ1) is 6.07. The lowest BCUT2D eigenvalue weighted by Crippen LogP contribution is -2.13. The molecule has 5 heteroatoms. The lowest BCUT2D eigenvalue weighted by atomic mass is 10.1. The number of benzene rings is 1. The van der Waals surface area contributed by atoms with Gasteiger partial charge in [-0.2, -0.15) is 0 Å². The van der Waals surface area contributed by atoms with E-state index in [1.165, 1.54) is 6.07 Å². The molecule has 0 aliphatic carbocycles. The number of rotatable bonds is 2. The fourth-order valence-corrected chi connectivity index (χ4v) is 0.904. The largest absolute Gasteiger partial charge is 0.504 e. The number of phenols is 3. The molecule has 0 heterocycles. The van der Waals surface area contributed by atoms with E-state index in [1.807, 2.05) is 0 Å². The third-order valence-electron chi connectivity index (χ3n) is 1.62. The second-order valence-corrected chi connectivity index (χ2v) is 2.46. The van der Waals surface area contributed by atoms with Crippen molar-refractivity contribution in [2.24, 2.45) is 5.73 Å². The van der Waals surface area contributed by atoms with Crippen molar-refractivity contribution in [3.05, 3.63) is 17.7 Å². The molecule has 0 fully saturated rings. The van der Waals surface area contributed by atoms with Gasteiger partial charge in [-0.1, -0.05) is 0 Å². The van der Waals surface area contributed by atoms with E-state index >= 15 is 0 Å². The number of ketones is 1. The van der Waals surface area contributed by atoms with Crippen LogP contribution in [-0.2, 0) is 0 Å². The van der Waals surface area contributed by atoms with Crippen LogP contribution in [0.3, 0.4) is 0 Å². The lowest BCUT2D eigenvalue weighted by molar-refractivity contribution is 0.0998. The Bertz CT molecular complexity index is 348. The van der Waals surface area contributed by atoms with Gasteiger partial charge in [0, 0.05) is 0 Å². The molecule has 0 saturated heterocycles. The van der Waals surface area contributed by atoms with Crippen molar-refractivity contribution in [3.63, 3.8) is 0 Å². The van der Waals surface area contributed by atoms with Crippen molar-refractivity contribution < 1.29 is 20.1 Å². The SMILES string of the molecule is NCC(=O)c1ccc(O)c(O)c1O. The van der Waals surface area contributed by atoms with Gasteiger partial charge in [-0.15, -0.1) is 0 Å². The summed E-state index contributed by atoms with van der Waals surface area (Å²) in [5.74, 6) is -2.34. The second-order valence-electron chi connectivity index (χ2n) is 2.46. The lowest BCUT2D eigenvalue weighted by Gasteiger charge is -2.04. The molecule has 13 heavy (non-hydrogen) atoms. The van der Waals surface area contributed by atoms with Gasteiger partial charge in [-0.25, -0.2) is 0 Å². The van der Waals surface area contributed by atoms with Crippen molar-refractivity contribution in [1.82, 2.24) is 0 Å². The van der Waals surface area contributed by atoms with E-state index in [0.29, 0.717) is 0 Å². The molecule has 5 N–H and O–H groups in total. The van der Waals surface area contributed by atoms with Gasteiger partial charge in [0.25, 0.3) is 0 Å². The molecule has 70 valence electrons. The van der Waals surface area contributed by atoms with Crippen LogP contribution in [0.25, 0.3) is 0 Å². The predicted octanol–water partition coefficient (Wildman–Crippen LogP) is -0.0552. The molecule has 0 bridgehead atoms. The Morgan fingerprint density at radius 2 is 1.85 bits per heavy atom. The van der Waals surface area contributed by atoms with Crippen LogP contribution in [0.5, 0.6) is 17.2 Å². The number of aromatic hydroxyl groups is 3. The van der Waals surface area contributed by atoms with Crippen LogP contribution in [0, 0.1) is 0 Å². The first-order valence-corrected chi connectivity index (χ1v) is 3.55. The summed E-state index contributed by atoms with van der Waals surface area (Å²) in [5.41, 5.74) is 4.96. The highest BCUT2D eigenvalue weighted by molar-refractivity contribution is 6.00. The second kappa shape index (κ2) is 3.32. The normalized spacial score (nSPS) is 9.92. The van der Waals surface area contributed by atoms with Crippen LogP contribution in [0.4, 0.5) is 0 Å². The number of Topliss-reactive ketones (excluding diaryl/α,β-unsaturated/α-hetero) is 1. The average molecular weight is 183 g/mol. The van der Waals surface area contributed by atoms with Crippen molar-refractivity contribution in [1.29, 1.82) is 0 Å². The molecular weight excluding hydrogens is 174 g/mol. The van der Waals surface area contributed by atoms with Gasteiger partial charge in [-0.05, 0) is 12.1 Å². The predicted molar refractivity (Wildman–Crippen MR) is 44.8 cm³/mol. The topological polar surface area (TPSA) is 104 Å². The Labute approximate surface area is 74.0 Å². The number of hydrogen-bond donors (Lipinski definition) is 4. The Morgan fingerprint density at radius 3 is 2.38 bits per heavy atom. The number of carbonyl (C=O) groups excluding carboxylic acids is 1. The standard InChI is InChI=1S/C8H9NO4/c9-3-6(11)4-1-2-5(10)8(13)7(4)12/h1-2,10,12-13H,3,9H2. The Balaban J connectivity index is 3.26. The van der Waals surface area contributed by atoms with Crippen molar-refractivity contribution >= 4 is 5.78 Å². The summed E-state index contributed by atoms with van der Waals surface area (Å²) in [6.07, 6.45) is 0. The summed E-state index contributed by atoms with van der Waals surface area (Å²) in [6.45, 7) is -0.266. The molecule has 0 amide bonds. The molecule has 0 spiro atoms. The highest BCUT2D eigenvalue weighted by atomic mass is 16.3. The summed E-state index contributed by atoms with van der Waals surface area (Å²) < 4.78 is 0. The highest BCUT2D eigenvalue weighted by Crippen LogP contribution is 2.36. The first-order valence-electron chi connectivity index (χ1n) is 3.55. The molecule has 0 aliphatic rings. The van der Waals surface area contributed by atoms with Crippen molar-refractivity contribution in [2.45, 2.75) is 0 Å². The average Bonchev–Trinajstić information content (AvgIpc) is 2.13. The summed E-state index contributed by atoms with van der Waals surface area (Å²) in [7, 11) is 0. The van der Waals surface area contributed by atoms with Crippen LogP contribution in [-0.4, -0.2) is 27.6 Å². The number of hydrogen-bond acceptors (Lipinski definition) is 5. The van der Waals surface area contributed by atoms with Crippen LogP contribution in [0.1, 0.15) is 10.4 Å². The molecule has 1 rings (SSSR count). The maximum absolute atomic E-state index is 11.0. The Hall–Kier alpha value is -1.75. The summed E-state index contributed by atoms with van der Waals surface area (Å²) in [6, 6.07) is 2.30. The summed E-state index contributed by atoms with van der Waals surface area (Å²) >= 11 is 0. The quantitative estimate of drug-likeness (QED) is 0.380. The van der Waals surface area contributed by atoms with Crippen LogP contribution in [0.15, 0.2) is 12.1 Å². The van der Waals surface area contributed by atoms with Crippen LogP contribution >= 0.6 is 0 Å². The number of phenolic OH excluding ortho intramolecular Hbond substituents is 3. The van der Waals surface area contributed by atoms with Gasteiger partial charge < -0.3 is 21.1 Å². The van der Waals surface area contributed by atoms with E-state index in [9.17, 15) is 9.90 Å². The maximum atomic E-state index is 11.0. The minimum absolute atomic E-state index is 0.0993. The van der Waals surface area contributed by atoms with E-state index in [4.69, 9.17) is 15.9 Å². The molecule has 5 nitrogen and oxygen atoms in total. The van der Waals surface area contributed by atoms with Gasteiger partial charge in [0.05, 0.1) is 12.1 Å². The molecule has 0 atom stereocenters. The molecule has 1 aromatic carbocycles. The zero-order chi connectivity index (χ0) is 10.0. The monoisotopic (exact) mass is 183 g/mol. The van der Waals surface area contributed by atoms with Gasteiger partial charge in [0.2, 0.25) is 5.75 Å². The van der Waals surface area contributed by atoms with Crippen LogP contribution in [0.2, 0.25) is 0 Å². The minimum Gasteiger partial charge on any atom is -0.504 e. The van der Waals surface area contributed by atoms with E-state index in [1.54, 1.807) is 0 Å². The van der Waals surface area contributed by atoms with E-state index in [-0.39, 0.29) is 12.1 Å². The molecule has 0 radical (unpaired) electrons. The third kappa shape index (κ3) is 1.54. The third-order valence-corrected chi connectivity index (χ3v) is 1.62. The van der Waals surface area contributed by atoms with E-state index in [0.717, 1.165) is 6.07 Å². The van der Waals surface area contributed by atoms with Crippen molar-refractivity contribution in [2.75, 3.05) is 6.54 Å². The maximum Gasteiger partial charge on any atom is 0.201 e. The zero-order valence-corrected chi connectivity index (χ0v) is 6.69. The molecule has 0 aliphatic heterocycles. The summed E-state index contributed by atoms with van der Waals surface area (Å²) in [4.78, 5) is 11.0. The van der Waals surface area contributed by atoms with Gasteiger partial charge in [0.15, 0.2) is 17.3 Å². The molecule has 0 aromatic heterocycles. The smallest absolute Gasteiger partial charge is 0.201 e. The molecule has 1 aromatic rings. The molecule has 0 saturated carbocycles. The van der Waals surface area contributed by atoms with E-state index in [2.05, 4.69) is 0 Å². The van der Waals surface area contributed by atoms with Crippen molar-refractivity contribution in [3.8, 4) is 17.2 Å². The Morgan fingerprint density at radius 1 is 1.23 bits per heavy atom. The van der Waals surface area contributed by atoms with Gasteiger partial charge >= 0.3 is 0 Å². The molecular formula is C8H9NO4. The minimum atomic E-state index is -0.709. The Kier molecular flexibility index (Phi) is 2.39. The first kappa shape index (κ1) is 9.34. The zero-order valence-electron chi connectivity index (χ0n) is 6.69. The number of carbonyl (C=O) groups is 1. The highest BCUT2D eigenvalue weighted by Gasteiger charge is 2.15. The fraction of sp³-hybridized carbons (Fsp3) is 0.125. The fourth-order valence-electron chi connectivity index (χ4n) is 0.904. The summed E-state index contributed by atoms with van der Waals surface area (Å²) in [5, 5.41) is 27.2. The number of nitrogens with two attached hydrogens (primary N) is 1. The van der Waals surface area contributed by atoms with Crippen LogP contribution < -0.4 is 5.73 Å². The van der Waals surface area contributed by atoms with Gasteiger partial charge in [-0.3, -0.25) is 4.79 Å². The van der Waals surface area contributed by atoms with E-state index < -0.39 is 23.0 Å². The molecule has 0 unspecified atom stereocenters. The van der Waals surface area contributed by atoms with Gasteiger partial charge in [0.1, 0.15) is 0 Å².